The van der Waals surface area contributed by atoms with Gasteiger partial charge in [-0.15, -0.1) is 21.5 Å². The van der Waals surface area contributed by atoms with E-state index >= 15 is 0 Å². The molecular formula is C54H69ClFN9O6S. The summed E-state index contributed by atoms with van der Waals surface area (Å²) < 4.78 is 44.8. The van der Waals surface area contributed by atoms with Crippen molar-refractivity contribution in [3.05, 3.63) is 111 Å². The van der Waals surface area contributed by atoms with Crippen LogP contribution in [0.3, 0.4) is 0 Å². The molecule has 3 atom stereocenters. The van der Waals surface area contributed by atoms with Crippen LogP contribution in [-0.4, -0.2) is 142 Å². The van der Waals surface area contributed by atoms with Crippen LogP contribution in [0.4, 0.5) is 21.6 Å². The molecule has 4 aliphatic heterocycles. The number of benzene rings is 2. The van der Waals surface area contributed by atoms with Gasteiger partial charge in [-0.1, -0.05) is 29.8 Å². The molecule has 0 unspecified atom stereocenters. The Bertz CT molecular complexity index is 2590. The van der Waals surface area contributed by atoms with Gasteiger partial charge in [-0.25, -0.2) is 9.37 Å². The highest BCUT2D eigenvalue weighted by atomic mass is 35.5. The number of aromatic nitrogens is 4. The van der Waals surface area contributed by atoms with Gasteiger partial charge in [-0.05, 0) is 107 Å². The normalized spacial score (nSPS) is 19.0. The van der Waals surface area contributed by atoms with Crippen molar-refractivity contribution >= 4 is 51.7 Å². The minimum Gasteiger partial charge on any atom is -0.379 e. The Morgan fingerprint density at radius 3 is 2.18 bits per heavy atom. The molecule has 386 valence electrons. The van der Waals surface area contributed by atoms with Gasteiger partial charge in [0.25, 0.3) is 0 Å². The first-order valence-electron chi connectivity index (χ1n) is 25.7. The molecule has 9 rings (SSSR count). The highest BCUT2D eigenvalue weighted by Gasteiger charge is 2.41. The fraction of sp³-hybridized carbons (Fsp3) is 0.537. The Morgan fingerprint density at radius 2 is 1.46 bits per heavy atom. The first kappa shape index (κ1) is 51.9. The summed E-state index contributed by atoms with van der Waals surface area (Å²) >= 11 is 7.92. The number of nitrogens with zero attached hydrogens (tertiary/aromatic N) is 8. The third-order valence-electron chi connectivity index (χ3n) is 14.4. The SMILES string of the molecule is Cc1sc2c(c1C)C(c1ccc(Cl)cc1)=N[C@@H](CC(=O)NCCOCCOCCOCCOCCOCCC1CCN(c3ccnc(N4CC[C@@H]5[C@H]4CCCN5c4cccc(F)c4)c3)CC1)c1nnc(C)n1-2. The molecule has 18 heteroatoms. The fourth-order valence-corrected chi connectivity index (χ4v) is 11.9. The first-order chi connectivity index (χ1) is 35.2. The highest BCUT2D eigenvalue weighted by molar-refractivity contribution is 7.15. The van der Waals surface area contributed by atoms with Crippen LogP contribution in [0.15, 0.2) is 71.9 Å². The van der Waals surface area contributed by atoms with Gasteiger partial charge < -0.3 is 43.7 Å². The highest BCUT2D eigenvalue weighted by Crippen LogP contribution is 2.41. The van der Waals surface area contributed by atoms with Crippen molar-refractivity contribution in [2.45, 2.75) is 83.8 Å². The van der Waals surface area contributed by atoms with Crippen LogP contribution in [0.5, 0.6) is 0 Å². The summed E-state index contributed by atoms with van der Waals surface area (Å²) in [6.07, 6.45) is 8.74. The molecule has 0 radical (unpaired) electrons. The molecule has 0 spiro atoms. The monoisotopic (exact) mass is 1030 g/mol. The fourth-order valence-electron chi connectivity index (χ4n) is 10.6. The molecule has 1 amide bonds. The number of halogens is 2. The summed E-state index contributed by atoms with van der Waals surface area (Å²) in [7, 11) is 0. The Hall–Kier alpha value is -5.01. The van der Waals surface area contributed by atoms with Crippen LogP contribution in [0.2, 0.25) is 5.02 Å². The van der Waals surface area contributed by atoms with E-state index in [1.54, 1.807) is 17.4 Å². The predicted octanol–water partition coefficient (Wildman–Crippen LogP) is 8.48. The molecule has 15 nitrogen and oxygen atoms in total. The summed E-state index contributed by atoms with van der Waals surface area (Å²) in [5.74, 6) is 2.79. The number of aryl methyl sites for hydroxylation is 2. The van der Waals surface area contributed by atoms with Crippen molar-refractivity contribution < 1.29 is 32.9 Å². The van der Waals surface area contributed by atoms with E-state index in [-0.39, 0.29) is 18.1 Å². The van der Waals surface area contributed by atoms with Crippen molar-refractivity contribution in [1.29, 1.82) is 0 Å². The molecule has 0 bridgehead atoms. The van der Waals surface area contributed by atoms with Crippen LogP contribution < -0.4 is 20.0 Å². The lowest BCUT2D eigenvalue weighted by atomic mass is 9.93. The molecule has 5 aromatic rings. The lowest BCUT2D eigenvalue weighted by Gasteiger charge is -2.41. The Kier molecular flexibility index (Phi) is 18.2. The van der Waals surface area contributed by atoms with E-state index in [9.17, 15) is 9.18 Å². The van der Waals surface area contributed by atoms with Crippen LogP contribution in [0.1, 0.15) is 84.2 Å². The minimum absolute atomic E-state index is 0.116. The molecule has 3 fully saturated rings. The second-order valence-electron chi connectivity index (χ2n) is 19.0. The summed E-state index contributed by atoms with van der Waals surface area (Å²) in [6.45, 7) is 15.5. The van der Waals surface area contributed by atoms with Crippen molar-refractivity contribution in [2.24, 2.45) is 10.9 Å². The maximum Gasteiger partial charge on any atom is 0.222 e. The van der Waals surface area contributed by atoms with E-state index < -0.39 is 6.04 Å². The number of hydrogen-bond acceptors (Lipinski definition) is 14. The van der Waals surface area contributed by atoms with Crippen LogP contribution >= 0.6 is 22.9 Å². The zero-order valence-corrected chi connectivity index (χ0v) is 43.5. The van der Waals surface area contributed by atoms with E-state index in [1.807, 2.05) is 54.1 Å². The number of ether oxygens (including phenoxy) is 5. The average Bonchev–Trinajstić information content (AvgIpc) is 4.06. The molecule has 72 heavy (non-hydrogen) atoms. The van der Waals surface area contributed by atoms with Crippen LogP contribution in [-0.2, 0) is 28.5 Å². The average molecular weight is 1030 g/mol. The number of aliphatic imine (C=N–C) groups is 1. The van der Waals surface area contributed by atoms with Gasteiger partial charge in [0.05, 0.1) is 83.7 Å². The van der Waals surface area contributed by atoms with Gasteiger partial charge in [0.1, 0.15) is 28.5 Å². The molecular weight excluding hydrogens is 957 g/mol. The van der Waals surface area contributed by atoms with E-state index in [1.165, 1.54) is 16.6 Å². The minimum atomic E-state index is -0.531. The Morgan fingerprint density at radius 1 is 0.764 bits per heavy atom. The molecule has 0 aliphatic carbocycles. The third kappa shape index (κ3) is 12.8. The Balaban J connectivity index is 0.576. The molecule has 3 saturated heterocycles. The molecule has 7 heterocycles. The van der Waals surface area contributed by atoms with Crippen molar-refractivity contribution in [3.63, 3.8) is 0 Å². The number of pyridine rings is 1. The van der Waals surface area contributed by atoms with Crippen molar-refractivity contribution in [2.75, 3.05) is 113 Å². The lowest BCUT2D eigenvalue weighted by Crippen LogP contribution is -2.50. The van der Waals surface area contributed by atoms with Crippen molar-refractivity contribution in [1.82, 2.24) is 25.1 Å². The number of anilines is 3. The van der Waals surface area contributed by atoms with Gasteiger partial charge in [0.15, 0.2) is 5.82 Å². The second kappa shape index (κ2) is 25.3. The number of hydrogen-bond donors (Lipinski definition) is 1. The van der Waals surface area contributed by atoms with Gasteiger partial charge >= 0.3 is 0 Å². The number of carbonyl (C=O) groups excluding carboxylic acids is 1. The van der Waals surface area contributed by atoms with Crippen LogP contribution in [0, 0.1) is 32.5 Å². The first-order valence-corrected chi connectivity index (χ1v) is 26.9. The van der Waals surface area contributed by atoms with Gasteiger partial charge in [-0.3, -0.25) is 14.4 Å². The van der Waals surface area contributed by atoms with Gasteiger partial charge in [-0.2, -0.15) is 0 Å². The number of thiophene rings is 1. The van der Waals surface area contributed by atoms with E-state index in [4.69, 9.17) is 45.3 Å². The number of nitrogens with one attached hydrogen (secondary N) is 1. The maximum atomic E-state index is 14.1. The maximum absolute atomic E-state index is 14.1. The molecule has 3 aromatic heterocycles. The summed E-state index contributed by atoms with van der Waals surface area (Å²) in [5.41, 5.74) is 6.16. The third-order valence-corrected chi connectivity index (χ3v) is 15.9. The summed E-state index contributed by atoms with van der Waals surface area (Å²) in [6, 6.07) is 19.4. The zero-order chi connectivity index (χ0) is 49.8. The second-order valence-corrected chi connectivity index (χ2v) is 20.7. The summed E-state index contributed by atoms with van der Waals surface area (Å²) in [4.78, 5) is 31.9. The number of rotatable bonds is 24. The number of piperidine rings is 2. The number of carbonyl (C=O) groups is 1. The predicted molar refractivity (Wildman–Crippen MR) is 281 cm³/mol. The molecule has 2 aromatic carbocycles. The number of fused-ring (bicyclic) bond motifs is 4. The van der Waals surface area contributed by atoms with Gasteiger partial charge in [0.2, 0.25) is 5.91 Å². The molecule has 1 N–H and O–H groups in total. The van der Waals surface area contributed by atoms with Gasteiger partial charge in [0, 0.05) is 84.0 Å². The number of amides is 1. The van der Waals surface area contributed by atoms with Crippen LogP contribution in [0.25, 0.3) is 5.00 Å². The van der Waals surface area contributed by atoms with E-state index in [0.29, 0.717) is 94.9 Å². The van der Waals surface area contributed by atoms with E-state index in [2.05, 4.69) is 56.2 Å². The quantitative estimate of drug-likeness (QED) is 0.0593. The standard InChI is InChI=1S/C54H69ClFN9O6S/c1-37-38(2)72-54-51(37)52(41-9-11-42(55)12-10-41)59-46(53-61-60-39(3)65(53)54)36-50(66)58-19-25-68-27-29-70-31-33-71-32-30-69-28-26-67-24-17-40-14-21-62(22-15-40)44-13-18-57-49(35-44)64-23-16-48-47(64)8-5-20-63(48)45-7-4-6-43(56)34-45/h4,6-7,9-13,18,34-35,40,46-48H,5,8,14-17,19-33,36H2,1-3H3,(H,58,66)/t46-,47+,48+/m0/s1. The zero-order valence-electron chi connectivity index (χ0n) is 41.9. The smallest absolute Gasteiger partial charge is 0.222 e. The molecule has 0 saturated carbocycles. The molecule has 4 aliphatic rings. The summed E-state index contributed by atoms with van der Waals surface area (Å²) in [5, 5.41) is 13.5. The van der Waals surface area contributed by atoms with Crippen molar-refractivity contribution in [3.8, 4) is 5.00 Å². The van der Waals surface area contributed by atoms with E-state index in [0.717, 1.165) is 116 Å². The lowest BCUT2D eigenvalue weighted by molar-refractivity contribution is -0.121. The topological polar surface area (TPSA) is 141 Å². The Labute approximate surface area is 432 Å². The largest absolute Gasteiger partial charge is 0.379 e.